The van der Waals surface area contributed by atoms with E-state index in [1.54, 1.807) is 0 Å². The van der Waals surface area contributed by atoms with Crippen LogP contribution >= 0.6 is 0 Å². The van der Waals surface area contributed by atoms with Crippen LogP contribution < -0.4 is 10.7 Å². The van der Waals surface area contributed by atoms with Crippen LogP contribution in [0.4, 0.5) is 11.4 Å². The molecule has 8 nitrogen and oxygen atoms in total. The van der Waals surface area contributed by atoms with Crippen molar-refractivity contribution in [1.82, 2.24) is 0 Å². The Hall–Kier alpha value is -3.94. The topological polar surface area (TPSA) is 123 Å². The van der Waals surface area contributed by atoms with Gasteiger partial charge in [0.1, 0.15) is 17.6 Å². The molecule has 0 radical (unpaired) electrons. The van der Waals surface area contributed by atoms with Crippen molar-refractivity contribution in [1.29, 1.82) is 0 Å². The minimum Gasteiger partial charge on any atom is -0.508 e. The van der Waals surface area contributed by atoms with Crippen LogP contribution in [-0.4, -0.2) is 15.9 Å². The van der Waals surface area contributed by atoms with Crippen LogP contribution in [0, 0.1) is 10.1 Å². The molecule has 0 saturated heterocycles. The van der Waals surface area contributed by atoms with Gasteiger partial charge in [-0.05, 0) is 30.3 Å². The number of phenols is 1. The highest BCUT2D eigenvalue weighted by atomic mass is 16.6. The number of amides is 1. The second-order valence-corrected chi connectivity index (χ2v) is 5.33. The Morgan fingerprint density at radius 1 is 1.19 bits per heavy atom. The highest BCUT2D eigenvalue weighted by Gasteiger charge is 2.07. The Bertz CT molecular complexity index is 1080. The molecule has 0 aliphatic carbocycles. The molecule has 0 saturated carbocycles. The van der Waals surface area contributed by atoms with E-state index >= 15 is 0 Å². The largest absolute Gasteiger partial charge is 0.508 e. The summed E-state index contributed by atoms with van der Waals surface area (Å²) in [5, 5.41) is 22.8. The zero-order valence-corrected chi connectivity index (χ0v) is 13.2. The lowest BCUT2D eigenvalue weighted by molar-refractivity contribution is -0.384. The van der Waals surface area contributed by atoms with Crippen molar-refractivity contribution in [3.8, 4) is 5.75 Å². The number of rotatable bonds is 4. The second-order valence-electron chi connectivity index (χ2n) is 5.33. The van der Waals surface area contributed by atoms with E-state index in [2.05, 4.69) is 5.32 Å². The number of anilines is 1. The number of nitro benzene ring substituents is 1. The van der Waals surface area contributed by atoms with E-state index in [0.717, 1.165) is 6.08 Å². The van der Waals surface area contributed by atoms with Crippen LogP contribution in [0.1, 0.15) is 5.56 Å². The van der Waals surface area contributed by atoms with Crippen LogP contribution in [0.15, 0.2) is 64.0 Å². The fraction of sp³-hybridized carbons (Fsp3) is 0. The van der Waals surface area contributed by atoms with Crippen molar-refractivity contribution < 1.29 is 19.2 Å². The van der Waals surface area contributed by atoms with Crippen molar-refractivity contribution in [2.75, 3.05) is 5.32 Å². The van der Waals surface area contributed by atoms with E-state index in [9.17, 15) is 24.8 Å². The first-order chi connectivity index (χ1) is 12.4. The normalized spacial score (nSPS) is 10.9. The van der Waals surface area contributed by atoms with Crippen molar-refractivity contribution >= 4 is 34.3 Å². The lowest BCUT2D eigenvalue weighted by atomic mass is 10.1. The van der Waals surface area contributed by atoms with Crippen molar-refractivity contribution in [2.24, 2.45) is 0 Å². The van der Waals surface area contributed by atoms with E-state index in [-0.39, 0.29) is 33.4 Å². The maximum absolute atomic E-state index is 12.3. The van der Waals surface area contributed by atoms with Gasteiger partial charge in [0, 0.05) is 30.0 Å². The van der Waals surface area contributed by atoms with Crippen LogP contribution in [0.5, 0.6) is 5.75 Å². The number of benzene rings is 2. The molecule has 0 fully saturated rings. The van der Waals surface area contributed by atoms with E-state index in [1.807, 2.05) is 0 Å². The second kappa shape index (κ2) is 6.89. The molecule has 0 atom stereocenters. The molecule has 0 bridgehead atoms. The molecular weight excluding hydrogens is 340 g/mol. The number of non-ortho nitro benzene ring substituents is 1. The Labute approximate surface area is 146 Å². The van der Waals surface area contributed by atoms with Gasteiger partial charge in [0.05, 0.1) is 15.9 Å². The molecule has 2 N–H and O–H groups in total. The average molecular weight is 352 g/mol. The van der Waals surface area contributed by atoms with E-state index in [4.69, 9.17) is 4.42 Å². The molecule has 26 heavy (non-hydrogen) atoms. The van der Waals surface area contributed by atoms with Gasteiger partial charge in [0.15, 0.2) is 5.43 Å². The molecule has 3 rings (SSSR count). The molecule has 2 aromatic carbocycles. The minimum atomic E-state index is -0.537. The van der Waals surface area contributed by atoms with Crippen molar-refractivity contribution in [3.05, 3.63) is 80.7 Å². The first-order valence-electron chi connectivity index (χ1n) is 7.42. The number of fused-ring (bicyclic) bond motifs is 1. The predicted octanol–water partition coefficient (Wildman–Crippen LogP) is 3.06. The third-order valence-corrected chi connectivity index (χ3v) is 3.54. The van der Waals surface area contributed by atoms with E-state index in [1.165, 1.54) is 54.8 Å². The molecular formula is C18H12N2O6. The number of nitro groups is 1. The van der Waals surface area contributed by atoms with E-state index in [0.29, 0.717) is 5.69 Å². The summed E-state index contributed by atoms with van der Waals surface area (Å²) in [7, 11) is 0. The zero-order valence-electron chi connectivity index (χ0n) is 13.2. The minimum absolute atomic E-state index is 0.0218. The number of phenolic OH excluding ortho intramolecular Hbond substituents is 1. The summed E-state index contributed by atoms with van der Waals surface area (Å²) in [5.74, 6) is -0.532. The highest BCUT2D eigenvalue weighted by Crippen LogP contribution is 2.18. The summed E-state index contributed by atoms with van der Waals surface area (Å²) in [6.07, 6.45) is 3.65. The number of nitrogens with zero attached hydrogens (tertiary/aromatic N) is 1. The Kier molecular flexibility index (Phi) is 4.48. The SMILES string of the molecule is O=C(/C=C/c1coc2cc(O)ccc2c1=O)Nc1ccc([N+](=O)[O-])cc1. The molecule has 1 amide bonds. The number of aromatic hydroxyl groups is 1. The summed E-state index contributed by atoms with van der Waals surface area (Å²) in [5.41, 5.74) is 0.361. The fourth-order valence-electron chi connectivity index (χ4n) is 2.26. The first kappa shape index (κ1) is 16.9. The summed E-state index contributed by atoms with van der Waals surface area (Å²) in [4.78, 5) is 34.3. The highest BCUT2D eigenvalue weighted by molar-refractivity contribution is 6.02. The van der Waals surface area contributed by atoms with Crippen LogP contribution in [-0.2, 0) is 4.79 Å². The first-order valence-corrected chi connectivity index (χ1v) is 7.42. The number of hydrogen-bond acceptors (Lipinski definition) is 6. The fourth-order valence-corrected chi connectivity index (χ4v) is 2.26. The third kappa shape index (κ3) is 3.59. The summed E-state index contributed by atoms with van der Waals surface area (Å²) in [6.45, 7) is 0. The van der Waals surface area contributed by atoms with E-state index < -0.39 is 10.8 Å². The van der Waals surface area contributed by atoms with Gasteiger partial charge in [-0.3, -0.25) is 19.7 Å². The molecule has 8 heteroatoms. The van der Waals surface area contributed by atoms with Crippen molar-refractivity contribution in [3.63, 3.8) is 0 Å². The summed E-state index contributed by atoms with van der Waals surface area (Å²) in [6, 6.07) is 9.48. The Morgan fingerprint density at radius 2 is 1.92 bits per heavy atom. The average Bonchev–Trinajstić information content (AvgIpc) is 2.61. The Balaban J connectivity index is 1.77. The number of carbonyl (C=O) groups is 1. The van der Waals surface area contributed by atoms with Crippen LogP contribution in [0.3, 0.4) is 0 Å². The van der Waals surface area contributed by atoms with Gasteiger partial charge in [-0.2, -0.15) is 0 Å². The third-order valence-electron chi connectivity index (χ3n) is 3.54. The lowest BCUT2D eigenvalue weighted by Crippen LogP contribution is -2.09. The Morgan fingerprint density at radius 3 is 2.62 bits per heavy atom. The van der Waals surface area contributed by atoms with Crippen LogP contribution in [0.2, 0.25) is 0 Å². The van der Waals surface area contributed by atoms with Gasteiger partial charge in [-0.15, -0.1) is 0 Å². The lowest BCUT2D eigenvalue weighted by Gasteiger charge is -2.02. The molecule has 0 aliphatic heterocycles. The van der Waals surface area contributed by atoms with Gasteiger partial charge in [0.2, 0.25) is 5.91 Å². The maximum Gasteiger partial charge on any atom is 0.269 e. The molecule has 0 spiro atoms. The van der Waals surface area contributed by atoms with Crippen LogP contribution in [0.25, 0.3) is 17.0 Å². The van der Waals surface area contributed by atoms with Gasteiger partial charge < -0.3 is 14.8 Å². The van der Waals surface area contributed by atoms with Gasteiger partial charge in [-0.25, -0.2) is 0 Å². The molecule has 0 unspecified atom stereocenters. The number of nitrogens with one attached hydrogen (secondary N) is 1. The van der Waals surface area contributed by atoms with Gasteiger partial charge >= 0.3 is 0 Å². The van der Waals surface area contributed by atoms with Gasteiger partial charge in [-0.1, -0.05) is 0 Å². The van der Waals surface area contributed by atoms with Gasteiger partial charge in [0.25, 0.3) is 5.69 Å². The van der Waals surface area contributed by atoms with Crippen molar-refractivity contribution in [2.45, 2.75) is 0 Å². The standard InChI is InChI=1S/C18H12N2O6/c21-14-6-7-15-16(9-14)26-10-11(18(15)23)1-8-17(22)19-12-2-4-13(5-3-12)20(24)25/h1-10,21H,(H,19,22)/b8-1+. The number of carbonyl (C=O) groups excluding carboxylic acids is 1. The monoisotopic (exact) mass is 352 g/mol. The molecule has 0 aliphatic rings. The summed E-state index contributed by atoms with van der Waals surface area (Å²) < 4.78 is 5.28. The number of hydrogen-bond donors (Lipinski definition) is 2. The zero-order chi connectivity index (χ0) is 18.7. The molecule has 3 aromatic rings. The molecule has 1 aromatic heterocycles. The summed E-state index contributed by atoms with van der Waals surface area (Å²) >= 11 is 0. The smallest absolute Gasteiger partial charge is 0.269 e. The quantitative estimate of drug-likeness (QED) is 0.423. The maximum atomic E-state index is 12.3. The predicted molar refractivity (Wildman–Crippen MR) is 94.9 cm³/mol. The molecule has 130 valence electrons. The molecule has 1 heterocycles.